The Bertz CT molecular complexity index is 1170. The molecule has 1 saturated heterocycles. The molecule has 2 aromatic carbocycles. The zero-order valence-corrected chi connectivity index (χ0v) is 18.5. The molecule has 1 amide bonds. The highest BCUT2D eigenvalue weighted by Gasteiger charge is 2.48. The van der Waals surface area contributed by atoms with Crippen LogP contribution in [0.2, 0.25) is 0 Å². The zero-order valence-electron chi connectivity index (χ0n) is 17.7. The van der Waals surface area contributed by atoms with Gasteiger partial charge in [0.15, 0.2) is 5.13 Å². The van der Waals surface area contributed by atoms with Gasteiger partial charge in [0, 0.05) is 10.4 Å². The lowest BCUT2D eigenvalue weighted by atomic mass is 9.95. The summed E-state index contributed by atoms with van der Waals surface area (Å²) in [7, 11) is 1.55. The van der Waals surface area contributed by atoms with Crippen molar-refractivity contribution >= 4 is 33.9 Å². The lowest BCUT2D eigenvalue weighted by Gasteiger charge is -2.23. The number of anilines is 1. The van der Waals surface area contributed by atoms with Gasteiger partial charge in [0.05, 0.1) is 24.4 Å². The highest BCUT2D eigenvalue weighted by Crippen LogP contribution is 2.43. The Morgan fingerprint density at radius 3 is 2.23 bits per heavy atom. The maximum absolute atomic E-state index is 13.1. The number of hydrogen-bond donors (Lipinski definition) is 1. The van der Waals surface area contributed by atoms with Crippen molar-refractivity contribution in [3.8, 4) is 5.75 Å². The molecule has 0 spiro atoms. The summed E-state index contributed by atoms with van der Waals surface area (Å²) in [6, 6.07) is 13.5. The Morgan fingerprint density at radius 2 is 1.68 bits per heavy atom. The van der Waals surface area contributed by atoms with Gasteiger partial charge in [-0.1, -0.05) is 29.8 Å². The molecule has 158 valence electrons. The van der Waals surface area contributed by atoms with E-state index < -0.39 is 17.7 Å². The van der Waals surface area contributed by atoms with Crippen LogP contribution in [-0.2, 0) is 9.59 Å². The van der Waals surface area contributed by atoms with Gasteiger partial charge in [-0.15, -0.1) is 11.3 Å². The quantitative estimate of drug-likeness (QED) is 0.366. The molecule has 0 unspecified atom stereocenters. The molecule has 1 aromatic heterocycles. The molecule has 3 aromatic rings. The maximum atomic E-state index is 13.1. The van der Waals surface area contributed by atoms with Crippen molar-refractivity contribution in [2.75, 3.05) is 12.0 Å². The van der Waals surface area contributed by atoms with Gasteiger partial charge in [0.25, 0.3) is 5.78 Å². The third kappa shape index (κ3) is 3.61. The van der Waals surface area contributed by atoms with Crippen LogP contribution in [0.3, 0.4) is 0 Å². The number of amides is 1. The predicted molar refractivity (Wildman–Crippen MR) is 121 cm³/mol. The van der Waals surface area contributed by atoms with Crippen molar-refractivity contribution in [3.05, 3.63) is 81.4 Å². The van der Waals surface area contributed by atoms with E-state index in [2.05, 4.69) is 4.98 Å². The fourth-order valence-corrected chi connectivity index (χ4v) is 4.49. The minimum absolute atomic E-state index is 0.0459. The molecule has 1 fully saturated rings. The van der Waals surface area contributed by atoms with E-state index in [0.717, 1.165) is 21.7 Å². The molecule has 0 bridgehead atoms. The Hall–Kier alpha value is -3.45. The second-order valence-electron chi connectivity index (χ2n) is 7.45. The number of Topliss-reactive ketones (excluding diaryl/α,β-unsaturated/α-hetero) is 1. The van der Waals surface area contributed by atoms with Crippen LogP contribution in [0.5, 0.6) is 5.75 Å². The molecular formula is C24H22N2O4S. The summed E-state index contributed by atoms with van der Waals surface area (Å²) in [5.41, 5.74) is 3.06. The third-order valence-corrected chi connectivity index (χ3v) is 6.50. The number of benzene rings is 2. The number of ether oxygens (including phenoxy) is 1. The van der Waals surface area contributed by atoms with Crippen LogP contribution in [0.15, 0.2) is 54.1 Å². The van der Waals surface area contributed by atoms with Crippen LogP contribution in [0.4, 0.5) is 5.13 Å². The summed E-state index contributed by atoms with van der Waals surface area (Å²) in [6.45, 7) is 5.75. The first-order chi connectivity index (χ1) is 14.8. The number of carbonyl (C=O) groups excluding carboxylic acids is 2. The Balaban J connectivity index is 1.92. The van der Waals surface area contributed by atoms with Crippen LogP contribution in [-0.4, -0.2) is 28.9 Å². The summed E-state index contributed by atoms with van der Waals surface area (Å²) in [5, 5.41) is 11.5. The summed E-state index contributed by atoms with van der Waals surface area (Å²) >= 11 is 1.35. The maximum Gasteiger partial charge on any atom is 0.301 e. The standard InChI is InChI=1S/C24H22N2O4S/c1-13-5-7-16(8-6-13)20-19(21(27)17-9-11-18(30-4)12-10-17)22(28)23(29)26(20)24-25-14(2)15(3)31-24/h5-12,20,27H,1-4H3/b21-19+/t20-/m0/s1. The molecule has 0 aliphatic carbocycles. The average Bonchev–Trinajstić information content (AvgIpc) is 3.23. The van der Waals surface area contributed by atoms with E-state index in [1.807, 2.05) is 45.0 Å². The van der Waals surface area contributed by atoms with Gasteiger partial charge in [0.2, 0.25) is 0 Å². The molecule has 4 rings (SSSR count). The van der Waals surface area contributed by atoms with E-state index in [1.54, 1.807) is 31.4 Å². The minimum Gasteiger partial charge on any atom is -0.507 e. The van der Waals surface area contributed by atoms with Crippen LogP contribution in [0.25, 0.3) is 5.76 Å². The van der Waals surface area contributed by atoms with Crippen molar-refractivity contribution in [2.45, 2.75) is 26.8 Å². The molecule has 1 aliphatic rings. The van der Waals surface area contributed by atoms with Crippen LogP contribution < -0.4 is 9.64 Å². The second-order valence-corrected chi connectivity index (χ2v) is 8.63. The molecule has 31 heavy (non-hydrogen) atoms. The van der Waals surface area contributed by atoms with E-state index in [-0.39, 0.29) is 11.3 Å². The Kier molecular flexibility index (Phi) is 5.37. The van der Waals surface area contributed by atoms with Gasteiger partial charge in [-0.3, -0.25) is 14.5 Å². The lowest BCUT2D eigenvalue weighted by Crippen LogP contribution is -2.29. The number of aryl methyl sites for hydroxylation is 3. The van der Waals surface area contributed by atoms with Gasteiger partial charge in [-0.25, -0.2) is 4.98 Å². The van der Waals surface area contributed by atoms with E-state index >= 15 is 0 Å². The third-order valence-electron chi connectivity index (χ3n) is 5.42. The largest absolute Gasteiger partial charge is 0.507 e. The SMILES string of the molecule is COc1ccc(/C(O)=C2\C(=O)C(=O)N(c3nc(C)c(C)s3)[C@H]2c2ccc(C)cc2)cc1. The fraction of sp³-hybridized carbons (Fsp3) is 0.208. The molecule has 1 N–H and O–H groups in total. The number of thiazole rings is 1. The highest BCUT2D eigenvalue weighted by atomic mass is 32.1. The number of methoxy groups -OCH3 is 1. The molecule has 1 aliphatic heterocycles. The van der Waals surface area contributed by atoms with Crippen molar-refractivity contribution in [2.24, 2.45) is 0 Å². The van der Waals surface area contributed by atoms with Crippen LogP contribution in [0, 0.1) is 20.8 Å². The smallest absolute Gasteiger partial charge is 0.301 e. The molecular weight excluding hydrogens is 412 g/mol. The monoisotopic (exact) mass is 434 g/mol. The summed E-state index contributed by atoms with van der Waals surface area (Å²) < 4.78 is 5.17. The first kappa shape index (κ1) is 20.8. The van der Waals surface area contributed by atoms with E-state index in [1.165, 1.54) is 16.2 Å². The van der Waals surface area contributed by atoms with E-state index in [0.29, 0.717) is 16.4 Å². The predicted octanol–water partition coefficient (Wildman–Crippen LogP) is 4.70. The first-order valence-corrected chi connectivity index (χ1v) is 10.6. The number of rotatable bonds is 4. The molecule has 2 heterocycles. The average molecular weight is 435 g/mol. The minimum atomic E-state index is -0.771. The number of aliphatic hydroxyl groups excluding tert-OH is 1. The molecule has 0 saturated carbocycles. The summed E-state index contributed by atoms with van der Waals surface area (Å²) in [5.74, 6) is -1.03. The lowest BCUT2D eigenvalue weighted by molar-refractivity contribution is -0.132. The van der Waals surface area contributed by atoms with Crippen molar-refractivity contribution in [1.82, 2.24) is 4.98 Å². The number of nitrogens with zero attached hydrogens (tertiary/aromatic N) is 2. The molecule has 1 atom stereocenters. The summed E-state index contributed by atoms with van der Waals surface area (Å²) in [6.07, 6.45) is 0. The normalized spacial score (nSPS) is 17.9. The molecule has 6 nitrogen and oxygen atoms in total. The van der Waals surface area contributed by atoms with Crippen LogP contribution in [0.1, 0.15) is 33.3 Å². The summed E-state index contributed by atoms with van der Waals surface area (Å²) in [4.78, 5) is 33.1. The van der Waals surface area contributed by atoms with Crippen molar-refractivity contribution < 1.29 is 19.4 Å². The zero-order chi connectivity index (χ0) is 22.3. The van der Waals surface area contributed by atoms with E-state index in [4.69, 9.17) is 4.74 Å². The second kappa shape index (κ2) is 8.00. The van der Waals surface area contributed by atoms with Gasteiger partial charge in [-0.05, 0) is 50.6 Å². The van der Waals surface area contributed by atoms with Gasteiger partial charge in [-0.2, -0.15) is 0 Å². The highest BCUT2D eigenvalue weighted by molar-refractivity contribution is 7.16. The van der Waals surface area contributed by atoms with Gasteiger partial charge in [0.1, 0.15) is 11.5 Å². The number of carbonyl (C=O) groups is 2. The molecule has 0 radical (unpaired) electrons. The number of aliphatic hydroxyl groups is 1. The van der Waals surface area contributed by atoms with Gasteiger partial charge < -0.3 is 9.84 Å². The Labute approximate surface area is 184 Å². The van der Waals surface area contributed by atoms with Gasteiger partial charge >= 0.3 is 5.91 Å². The first-order valence-electron chi connectivity index (χ1n) is 9.78. The van der Waals surface area contributed by atoms with Crippen LogP contribution >= 0.6 is 11.3 Å². The van der Waals surface area contributed by atoms with Crippen molar-refractivity contribution in [1.29, 1.82) is 0 Å². The van der Waals surface area contributed by atoms with Crippen molar-refractivity contribution in [3.63, 3.8) is 0 Å². The number of aromatic nitrogens is 1. The Morgan fingerprint density at radius 1 is 1.03 bits per heavy atom. The molecule has 7 heteroatoms. The van der Waals surface area contributed by atoms with E-state index in [9.17, 15) is 14.7 Å². The topological polar surface area (TPSA) is 79.7 Å². The fourth-order valence-electron chi connectivity index (χ4n) is 3.56. The number of hydrogen-bond acceptors (Lipinski definition) is 6. The number of ketones is 1.